The van der Waals surface area contributed by atoms with Crippen LogP contribution in [0.4, 0.5) is 0 Å². The van der Waals surface area contributed by atoms with Crippen molar-refractivity contribution in [3.63, 3.8) is 0 Å². The maximum Gasteiger partial charge on any atom is 0.518 e. The summed E-state index contributed by atoms with van der Waals surface area (Å²) in [6, 6.07) is 0. The lowest BCUT2D eigenvalue weighted by molar-refractivity contribution is -0.160. The van der Waals surface area contributed by atoms with Gasteiger partial charge in [0.15, 0.2) is 0 Å². The fourth-order valence-corrected chi connectivity index (χ4v) is 0.973. The molecule has 0 aliphatic carbocycles. The SMILES string of the molecule is CCCOP(=O)(OO)OCl. The minimum atomic E-state index is -3.88. The van der Waals surface area contributed by atoms with Gasteiger partial charge in [0.05, 0.1) is 18.5 Å². The third kappa shape index (κ3) is 3.51. The van der Waals surface area contributed by atoms with Gasteiger partial charge in [0, 0.05) is 0 Å². The van der Waals surface area contributed by atoms with Crippen molar-refractivity contribution in [1.29, 1.82) is 0 Å². The molecule has 0 heterocycles. The van der Waals surface area contributed by atoms with Crippen LogP contribution in [0, 0.1) is 0 Å². The molecular formula is C3H8ClO5P. The number of hydrogen-bond acceptors (Lipinski definition) is 5. The maximum atomic E-state index is 10.7. The Hall–Kier alpha value is 0.360. The standard InChI is InChI=1S/C3H8ClO5P/c1-2-3-7-10(6,8-4)9-5/h5H,2-3H2,1H3. The molecule has 1 atom stereocenters. The Morgan fingerprint density at radius 2 is 2.30 bits per heavy atom. The van der Waals surface area contributed by atoms with Crippen LogP contribution >= 0.6 is 19.7 Å². The Labute approximate surface area is 63.6 Å². The van der Waals surface area contributed by atoms with Crippen molar-refractivity contribution < 1.29 is 23.1 Å². The molecule has 7 heteroatoms. The molecule has 1 unspecified atom stereocenters. The second kappa shape index (κ2) is 5.07. The van der Waals surface area contributed by atoms with Gasteiger partial charge in [0.25, 0.3) is 0 Å². The van der Waals surface area contributed by atoms with E-state index in [-0.39, 0.29) is 6.61 Å². The van der Waals surface area contributed by atoms with E-state index in [1.165, 1.54) is 0 Å². The number of phosphoric acid groups is 1. The summed E-state index contributed by atoms with van der Waals surface area (Å²) in [6.07, 6.45) is 0.619. The van der Waals surface area contributed by atoms with Gasteiger partial charge < -0.3 is 0 Å². The first kappa shape index (κ1) is 10.4. The lowest BCUT2D eigenvalue weighted by Gasteiger charge is -2.07. The summed E-state index contributed by atoms with van der Waals surface area (Å²) in [6.45, 7) is 1.93. The van der Waals surface area contributed by atoms with Crippen LogP contribution < -0.4 is 0 Å². The van der Waals surface area contributed by atoms with Gasteiger partial charge in [-0.15, -0.1) is 4.67 Å². The van der Waals surface area contributed by atoms with E-state index in [2.05, 4.69) is 25.1 Å². The predicted molar refractivity (Wildman–Crippen MR) is 34.5 cm³/mol. The molecule has 0 saturated carbocycles. The number of rotatable bonds is 5. The molecule has 1 N–H and O–H groups in total. The van der Waals surface area contributed by atoms with Crippen LogP contribution in [-0.2, 0) is 17.8 Å². The van der Waals surface area contributed by atoms with Crippen LogP contribution in [0.5, 0.6) is 0 Å². The molecule has 0 spiro atoms. The molecule has 0 fully saturated rings. The lowest BCUT2D eigenvalue weighted by atomic mass is 10.5. The van der Waals surface area contributed by atoms with Crippen LogP contribution in [0.25, 0.3) is 0 Å². The molecule has 0 saturated heterocycles. The van der Waals surface area contributed by atoms with Crippen LogP contribution in [0.15, 0.2) is 0 Å². The highest BCUT2D eigenvalue weighted by atomic mass is 35.5. The van der Waals surface area contributed by atoms with Gasteiger partial charge in [0.2, 0.25) is 0 Å². The van der Waals surface area contributed by atoms with Crippen molar-refractivity contribution in [3.05, 3.63) is 0 Å². The Morgan fingerprint density at radius 3 is 2.60 bits per heavy atom. The van der Waals surface area contributed by atoms with E-state index in [0.29, 0.717) is 6.42 Å². The van der Waals surface area contributed by atoms with Crippen LogP contribution in [0.3, 0.4) is 0 Å². The highest BCUT2D eigenvalue weighted by Gasteiger charge is 2.26. The zero-order chi connectivity index (χ0) is 8.04. The highest BCUT2D eigenvalue weighted by Crippen LogP contribution is 2.49. The second-order valence-electron chi connectivity index (χ2n) is 1.43. The summed E-state index contributed by atoms with van der Waals surface area (Å²) in [4.78, 5) is 0. The molecular weight excluding hydrogens is 182 g/mol. The maximum absolute atomic E-state index is 10.7. The van der Waals surface area contributed by atoms with E-state index < -0.39 is 7.82 Å². The van der Waals surface area contributed by atoms with Gasteiger partial charge in [0.1, 0.15) is 0 Å². The van der Waals surface area contributed by atoms with Crippen LogP contribution in [0.2, 0.25) is 0 Å². The number of halogens is 1. The average molecular weight is 191 g/mol. The Kier molecular flexibility index (Phi) is 5.25. The fraction of sp³-hybridized carbons (Fsp3) is 1.00. The fourth-order valence-electron chi connectivity index (χ4n) is 0.259. The molecule has 0 radical (unpaired) electrons. The van der Waals surface area contributed by atoms with Crippen LogP contribution in [-0.4, -0.2) is 11.9 Å². The summed E-state index contributed by atoms with van der Waals surface area (Å²) in [7, 11) is -3.88. The molecule has 0 bridgehead atoms. The molecule has 0 aromatic heterocycles. The molecule has 0 aromatic rings. The predicted octanol–water partition coefficient (Wildman–Crippen LogP) is 2.18. The molecule has 0 amide bonds. The van der Waals surface area contributed by atoms with Gasteiger partial charge in [-0.1, -0.05) is 6.92 Å². The van der Waals surface area contributed by atoms with E-state index in [1.807, 2.05) is 0 Å². The molecule has 10 heavy (non-hydrogen) atoms. The normalized spacial score (nSPS) is 16.7. The van der Waals surface area contributed by atoms with Gasteiger partial charge in [-0.05, 0) is 6.42 Å². The first-order valence-electron chi connectivity index (χ1n) is 2.56. The van der Waals surface area contributed by atoms with Gasteiger partial charge >= 0.3 is 7.82 Å². The second-order valence-corrected chi connectivity index (χ2v) is 3.30. The average Bonchev–Trinajstić information content (AvgIpc) is 2.00. The van der Waals surface area contributed by atoms with Crippen molar-refractivity contribution in [2.45, 2.75) is 13.3 Å². The minimum absolute atomic E-state index is 0.143. The third-order valence-electron chi connectivity index (χ3n) is 0.638. The molecule has 0 aliphatic heterocycles. The largest absolute Gasteiger partial charge is 0.518 e. The lowest BCUT2D eigenvalue weighted by Crippen LogP contribution is -1.93. The van der Waals surface area contributed by atoms with Crippen molar-refractivity contribution >= 4 is 19.7 Å². The summed E-state index contributed by atoms with van der Waals surface area (Å²) < 4.78 is 22.2. The van der Waals surface area contributed by atoms with Gasteiger partial charge in [-0.3, -0.25) is 4.52 Å². The Morgan fingerprint density at radius 1 is 1.70 bits per heavy atom. The van der Waals surface area contributed by atoms with E-state index in [0.717, 1.165) is 0 Å². The smallest absolute Gasteiger partial charge is 0.284 e. The van der Waals surface area contributed by atoms with E-state index in [4.69, 9.17) is 5.26 Å². The first-order valence-corrected chi connectivity index (χ1v) is 4.33. The monoisotopic (exact) mass is 190 g/mol. The summed E-state index contributed by atoms with van der Waals surface area (Å²) in [5.41, 5.74) is 0. The number of hydrogen-bond donors (Lipinski definition) is 1. The van der Waals surface area contributed by atoms with Gasteiger partial charge in [-0.2, -0.15) is 4.08 Å². The zero-order valence-corrected chi connectivity index (χ0v) is 6.97. The molecule has 0 aromatic carbocycles. The van der Waals surface area contributed by atoms with Crippen LogP contribution in [0.1, 0.15) is 13.3 Å². The highest BCUT2D eigenvalue weighted by molar-refractivity contribution is 7.49. The quantitative estimate of drug-likeness (QED) is 0.409. The van der Waals surface area contributed by atoms with E-state index in [1.54, 1.807) is 6.92 Å². The van der Waals surface area contributed by atoms with Crippen molar-refractivity contribution in [2.24, 2.45) is 0 Å². The third-order valence-corrected chi connectivity index (χ3v) is 2.01. The Bertz CT molecular complexity index is 120. The van der Waals surface area contributed by atoms with Crippen molar-refractivity contribution in [1.82, 2.24) is 0 Å². The molecule has 5 nitrogen and oxygen atoms in total. The minimum Gasteiger partial charge on any atom is -0.284 e. The van der Waals surface area contributed by atoms with Gasteiger partial charge in [-0.25, -0.2) is 9.82 Å². The molecule has 62 valence electrons. The summed E-state index contributed by atoms with van der Waals surface area (Å²) in [5, 5.41) is 7.91. The van der Waals surface area contributed by atoms with E-state index >= 15 is 0 Å². The summed E-state index contributed by atoms with van der Waals surface area (Å²) in [5.74, 6) is 0. The molecule has 0 rings (SSSR count). The topological polar surface area (TPSA) is 65.0 Å². The zero-order valence-electron chi connectivity index (χ0n) is 5.32. The van der Waals surface area contributed by atoms with Crippen molar-refractivity contribution in [2.75, 3.05) is 6.61 Å². The Balaban J connectivity index is 3.70. The van der Waals surface area contributed by atoms with Crippen molar-refractivity contribution in [3.8, 4) is 0 Å². The molecule has 0 aliphatic rings. The summed E-state index contributed by atoms with van der Waals surface area (Å²) >= 11 is 4.67. The van der Waals surface area contributed by atoms with E-state index in [9.17, 15) is 4.57 Å². The first-order chi connectivity index (χ1) is 4.68.